The van der Waals surface area contributed by atoms with Gasteiger partial charge < -0.3 is 9.63 Å². The maximum atomic E-state index is 10.9. The Morgan fingerprint density at radius 1 is 1.44 bits per heavy atom. The van der Waals surface area contributed by atoms with Crippen LogP contribution in [0.1, 0.15) is 41.3 Å². The van der Waals surface area contributed by atoms with Gasteiger partial charge in [0.1, 0.15) is 0 Å². The molecular weight excluding hydrogens is 232 g/mol. The molecule has 0 aromatic carbocycles. The number of pyridine rings is 1. The van der Waals surface area contributed by atoms with E-state index in [2.05, 4.69) is 10.1 Å². The van der Waals surface area contributed by atoms with Crippen LogP contribution in [-0.4, -0.2) is 21.2 Å². The Bertz CT molecular complexity index is 641. The highest BCUT2D eigenvalue weighted by Gasteiger charge is 2.31. The van der Waals surface area contributed by atoms with Crippen LogP contribution in [0.4, 0.5) is 0 Å². The van der Waals surface area contributed by atoms with Gasteiger partial charge in [0.25, 0.3) is 5.71 Å². The van der Waals surface area contributed by atoms with E-state index in [1.807, 2.05) is 13.8 Å². The van der Waals surface area contributed by atoms with E-state index in [9.17, 15) is 4.79 Å². The fraction of sp³-hybridized carbons (Fsp3) is 0.462. The van der Waals surface area contributed by atoms with E-state index >= 15 is 0 Å². The first-order valence-electron chi connectivity index (χ1n) is 6.05. The fourth-order valence-corrected chi connectivity index (χ4v) is 2.41. The van der Waals surface area contributed by atoms with Crippen LogP contribution in [0.3, 0.4) is 0 Å². The highest BCUT2D eigenvalue weighted by atomic mass is 16.5. The molecule has 0 saturated heterocycles. The normalized spacial score (nSPS) is 15.2. The SMILES string of the molecule is Cc1nc2onc(C3CC3)c2c(C)c1CC(=O)O. The lowest BCUT2D eigenvalue weighted by Gasteiger charge is -2.07. The van der Waals surface area contributed by atoms with Crippen LogP contribution in [0.15, 0.2) is 4.52 Å². The average Bonchev–Trinajstić information content (AvgIpc) is 3.05. The molecule has 0 amide bonds. The molecule has 0 radical (unpaired) electrons. The highest BCUT2D eigenvalue weighted by molar-refractivity contribution is 5.84. The number of fused-ring (bicyclic) bond motifs is 1. The fourth-order valence-electron chi connectivity index (χ4n) is 2.41. The molecule has 1 aliphatic rings. The van der Waals surface area contributed by atoms with E-state index in [1.54, 1.807) is 0 Å². The molecule has 0 spiro atoms. The maximum absolute atomic E-state index is 10.9. The number of hydrogen-bond acceptors (Lipinski definition) is 4. The molecule has 5 heteroatoms. The molecule has 2 heterocycles. The van der Waals surface area contributed by atoms with Crippen LogP contribution in [0.5, 0.6) is 0 Å². The van der Waals surface area contributed by atoms with Crippen molar-refractivity contribution in [3.8, 4) is 0 Å². The predicted molar refractivity (Wildman–Crippen MR) is 64.6 cm³/mol. The molecule has 0 atom stereocenters. The number of aromatic nitrogens is 2. The monoisotopic (exact) mass is 246 g/mol. The summed E-state index contributed by atoms with van der Waals surface area (Å²) in [6.07, 6.45) is 2.25. The minimum absolute atomic E-state index is 0.00407. The third-order valence-corrected chi connectivity index (χ3v) is 3.53. The number of rotatable bonds is 3. The molecule has 1 fully saturated rings. The predicted octanol–water partition coefficient (Wildman–Crippen LogP) is 2.34. The molecule has 1 aliphatic carbocycles. The summed E-state index contributed by atoms with van der Waals surface area (Å²) in [6, 6.07) is 0. The van der Waals surface area contributed by atoms with Crippen LogP contribution in [0.2, 0.25) is 0 Å². The second-order valence-corrected chi connectivity index (χ2v) is 4.89. The third kappa shape index (κ3) is 1.66. The van der Waals surface area contributed by atoms with Gasteiger partial charge in [-0.3, -0.25) is 4.79 Å². The Morgan fingerprint density at radius 3 is 2.78 bits per heavy atom. The third-order valence-electron chi connectivity index (χ3n) is 3.53. The number of carboxylic acids is 1. The van der Waals surface area contributed by atoms with Gasteiger partial charge in [-0.15, -0.1) is 0 Å². The average molecular weight is 246 g/mol. The van der Waals surface area contributed by atoms with Crippen molar-refractivity contribution in [2.24, 2.45) is 0 Å². The molecule has 2 aromatic rings. The number of aliphatic carboxylic acids is 1. The van der Waals surface area contributed by atoms with Crippen LogP contribution in [0, 0.1) is 13.8 Å². The first-order chi connectivity index (χ1) is 8.58. The lowest BCUT2D eigenvalue weighted by Crippen LogP contribution is -2.06. The number of carboxylic acid groups (broad SMARTS) is 1. The topological polar surface area (TPSA) is 76.2 Å². The van der Waals surface area contributed by atoms with Gasteiger partial charge in [-0.25, -0.2) is 4.98 Å². The Labute approximate surface area is 104 Å². The van der Waals surface area contributed by atoms with E-state index in [-0.39, 0.29) is 6.42 Å². The molecule has 1 N–H and O–H groups in total. The van der Waals surface area contributed by atoms with Gasteiger partial charge in [0.15, 0.2) is 0 Å². The minimum atomic E-state index is -0.841. The van der Waals surface area contributed by atoms with Gasteiger partial charge in [-0.05, 0) is 37.8 Å². The van der Waals surface area contributed by atoms with Gasteiger partial charge in [0, 0.05) is 11.6 Å². The Balaban J connectivity index is 2.23. The number of aryl methyl sites for hydroxylation is 2. The molecule has 5 nitrogen and oxygen atoms in total. The highest BCUT2D eigenvalue weighted by Crippen LogP contribution is 2.43. The van der Waals surface area contributed by atoms with Gasteiger partial charge in [0.05, 0.1) is 17.5 Å². The number of nitrogens with zero attached hydrogens (tertiary/aromatic N) is 2. The lowest BCUT2D eigenvalue weighted by atomic mass is 10.00. The molecular formula is C13H14N2O3. The first kappa shape index (κ1) is 11.2. The van der Waals surface area contributed by atoms with E-state index in [0.29, 0.717) is 17.3 Å². The molecule has 3 rings (SSSR count). The summed E-state index contributed by atoms with van der Waals surface area (Å²) in [5.74, 6) is -0.376. The van der Waals surface area contributed by atoms with Crippen LogP contribution in [-0.2, 0) is 11.2 Å². The van der Waals surface area contributed by atoms with Gasteiger partial charge in [-0.2, -0.15) is 0 Å². The Hall–Kier alpha value is -1.91. The zero-order chi connectivity index (χ0) is 12.9. The van der Waals surface area contributed by atoms with Gasteiger partial charge >= 0.3 is 5.97 Å². The van der Waals surface area contributed by atoms with Crippen molar-refractivity contribution < 1.29 is 14.4 Å². The van der Waals surface area contributed by atoms with Crippen LogP contribution < -0.4 is 0 Å². The molecule has 94 valence electrons. The lowest BCUT2D eigenvalue weighted by molar-refractivity contribution is -0.136. The van der Waals surface area contributed by atoms with Crippen molar-refractivity contribution in [2.75, 3.05) is 0 Å². The summed E-state index contributed by atoms with van der Waals surface area (Å²) < 4.78 is 5.26. The Morgan fingerprint density at radius 2 is 2.17 bits per heavy atom. The number of hydrogen-bond donors (Lipinski definition) is 1. The second kappa shape index (κ2) is 3.80. The zero-order valence-corrected chi connectivity index (χ0v) is 10.4. The van der Waals surface area contributed by atoms with E-state index in [0.717, 1.165) is 35.0 Å². The Kier molecular flexibility index (Phi) is 2.36. The molecule has 1 saturated carbocycles. The van der Waals surface area contributed by atoms with E-state index in [4.69, 9.17) is 9.63 Å². The summed E-state index contributed by atoms with van der Waals surface area (Å²) in [4.78, 5) is 15.2. The summed E-state index contributed by atoms with van der Waals surface area (Å²) in [5.41, 5.74) is 3.91. The maximum Gasteiger partial charge on any atom is 0.307 e. The van der Waals surface area contributed by atoms with Crippen LogP contribution >= 0.6 is 0 Å². The molecule has 0 bridgehead atoms. The van der Waals surface area contributed by atoms with E-state index < -0.39 is 5.97 Å². The molecule has 18 heavy (non-hydrogen) atoms. The van der Waals surface area contributed by atoms with Crippen molar-refractivity contribution >= 4 is 17.1 Å². The minimum Gasteiger partial charge on any atom is -0.481 e. The summed E-state index contributed by atoms with van der Waals surface area (Å²) in [5, 5.41) is 14.0. The summed E-state index contributed by atoms with van der Waals surface area (Å²) >= 11 is 0. The molecule has 0 aliphatic heterocycles. The standard InChI is InChI=1S/C13H14N2O3/c1-6-9(5-10(16)17)7(2)14-13-11(6)12(15-18-13)8-3-4-8/h8H,3-5H2,1-2H3,(H,16,17). The summed E-state index contributed by atoms with van der Waals surface area (Å²) in [7, 11) is 0. The van der Waals surface area contributed by atoms with Crippen LogP contribution in [0.25, 0.3) is 11.1 Å². The first-order valence-corrected chi connectivity index (χ1v) is 6.05. The second-order valence-electron chi connectivity index (χ2n) is 4.89. The zero-order valence-electron chi connectivity index (χ0n) is 10.4. The molecule has 2 aromatic heterocycles. The van der Waals surface area contributed by atoms with Crippen molar-refractivity contribution in [3.05, 3.63) is 22.5 Å². The van der Waals surface area contributed by atoms with Crippen molar-refractivity contribution in [1.29, 1.82) is 0 Å². The van der Waals surface area contributed by atoms with Crippen molar-refractivity contribution in [1.82, 2.24) is 10.1 Å². The number of carbonyl (C=O) groups is 1. The van der Waals surface area contributed by atoms with Crippen molar-refractivity contribution in [2.45, 2.75) is 39.0 Å². The van der Waals surface area contributed by atoms with Crippen molar-refractivity contribution in [3.63, 3.8) is 0 Å². The summed E-state index contributed by atoms with van der Waals surface area (Å²) in [6.45, 7) is 3.74. The molecule has 0 unspecified atom stereocenters. The van der Waals surface area contributed by atoms with Gasteiger partial charge in [-0.1, -0.05) is 5.16 Å². The van der Waals surface area contributed by atoms with E-state index in [1.165, 1.54) is 0 Å². The van der Waals surface area contributed by atoms with Gasteiger partial charge in [0.2, 0.25) is 0 Å². The quantitative estimate of drug-likeness (QED) is 0.899. The largest absolute Gasteiger partial charge is 0.481 e. The smallest absolute Gasteiger partial charge is 0.307 e.